The van der Waals surface area contributed by atoms with Crippen molar-refractivity contribution in [3.05, 3.63) is 39.8 Å². The van der Waals surface area contributed by atoms with E-state index in [9.17, 15) is 14.4 Å². The van der Waals surface area contributed by atoms with Crippen molar-refractivity contribution in [3.63, 3.8) is 0 Å². The number of aromatic nitrogens is 1. The van der Waals surface area contributed by atoms with E-state index in [1.54, 1.807) is 37.5 Å². The van der Waals surface area contributed by atoms with Crippen LogP contribution in [0, 0.1) is 5.41 Å². The first-order valence-electron chi connectivity index (χ1n) is 12.2. The van der Waals surface area contributed by atoms with E-state index in [0.717, 1.165) is 18.4 Å². The Morgan fingerprint density at radius 1 is 1.09 bits per heavy atom. The van der Waals surface area contributed by atoms with Gasteiger partial charge in [0.2, 0.25) is 0 Å². The number of fused-ring (bicyclic) bond motifs is 1. The van der Waals surface area contributed by atoms with Gasteiger partial charge in [0.1, 0.15) is 11.4 Å². The molecule has 0 spiro atoms. The number of rotatable bonds is 10. The summed E-state index contributed by atoms with van der Waals surface area (Å²) < 4.78 is 13.3. The Morgan fingerprint density at radius 2 is 1.77 bits per heavy atom. The Labute approximate surface area is 207 Å². The molecule has 8 nitrogen and oxygen atoms in total. The number of alkyl carbamates (subject to hydrolysis) is 1. The Morgan fingerprint density at radius 3 is 2.34 bits per heavy atom. The third kappa shape index (κ3) is 8.60. The maximum Gasteiger partial charge on any atom is 0.407 e. The number of aliphatic carboxylic acids is 1. The van der Waals surface area contributed by atoms with Crippen LogP contribution in [0.4, 0.5) is 4.79 Å². The molecule has 35 heavy (non-hydrogen) atoms. The van der Waals surface area contributed by atoms with Gasteiger partial charge in [0.05, 0.1) is 24.2 Å². The highest BCUT2D eigenvalue weighted by Gasteiger charge is 2.24. The number of carbonyl (C=O) groups is 2. The van der Waals surface area contributed by atoms with Crippen LogP contribution in [0.25, 0.3) is 10.8 Å². The molecule has 0 radical (unpaired) electrons. The van der Waals surface area contributed by atoms with Gasteiger partial charge in [-0.25, -0.2) is 4.79 Å². The second kappa shape index (κ2) is 11.6. The number of carbonyl (C=O) groups excluding carboxylic acids is 1. The molecule has 0 bridgehead atoms. The number of pyridine rings is 1. The smallest absolute Gasteiger partial charge is 0.407 e. The molecule has 0 atom stereocenters. The molecule has 2 N–H and O–H groups in total. The molecule has 1 aromatic heterocycles. The van der Waals surface area contributed by atoms with Gasteiger partial charge in [0.25, 0.3) is 5.56 Å². The summed E-state index contributed by atoms with van der Waals surface area (Å²) in [6.45, 7) is 14.5. The Balaban J connectivity index is 2.68. The SMILES string of the molecule is CCCCOc1c(CNC(=O)OC(C)(C)C)n(CC(C)(C)C)c(=O)c2ccc(CCC(=O)O)cc12. The van der Waals surface area contributed by atoms with Crippen molar-refractivity contribution < 1.29 is 24.2 Å². The molecule has 2 aromatic rings. The Kier molecular flexibility index (Phi) is 9.35. The average molecular weight is 489 g/mol. The molecule has 0 saturated heterocycles. The molecule has 0 saturated carbocycles. The van der Waals surface area contributed by atoms with Gasteiger partial charge in [-0.15, -0.1) is 0 Å². The van der Waals surface area contributed by atoms with Crippen LogP contribution in [0.15, 0.2) is 23.0 Å². The van der Waals surface area contributed by atoms with Crippen LogP contribution >= 0.6 is 0 Å². The van der Waals surface area contributed by atoms with E-state index in [2.05, 4.69) is 12.2 Å². The number of benzene rings is 1. The zero-order valence-electron chi connectivity index (χ0n) is 22.1. The summed E-state index contributed by atoms with van der Waals surface area (Å²) in [5.74, 6) is -0.349. The normalized spacial score (nSPS) is 12.0. The largest absolute Gasteiger partial charge is 0.491 e. The minimum absolute atomic E-state index is 0.00826. The molecule has 2 rings (SSSR count). The maximum atomic E-state index is 13.6. The fraction of sp³-hybridized carbons (Fsp3) is 0.593. The highest BCUT2D eigenvalue weighted by atomic mass is 16.6. The maximum absolute atomic E-state index is 13.6. The molecule has 0 fully saturated rings. The van der Waals surface area contributed by atoms with E-state index in [-0.39, 0.29) is 23.9 Å². The third-order valence-electron chi connectivity index (χ3n) is 5.20. The summed E-state index contributed by atoms with van der Waals surface area (Å²) >= 11 is 0. The summed E-state index contributed by atoms with van der Waals surface area (Å²) in [4.78, 5) is 37.1. The quantitative estimate of drug-likeness (QED) is 0.441. The lowest BCUT2D eigenvalue weighted by Crippen LogP contribution is -2.36. The molecule has 1 amide bonds. The number of hydrogen-bond donors (Lipinski definition) is 2. The van der Waals surface area contributed by atoms with Crippen molar-refractivity contribution >= 4 is 22.8 Å². The fourth-order valence-corrected chi connectivity index (χ4v) is 3.69. The van der Waals surface area contributed by atoms with E-state index < -0.39 is 17.7 Å². The van der Waals surface area contributed by atoms with Crippen LogP contribution in [0.3, 0.4) is 0 Å². The van der Waals surface area contributed by atoms with Crippen LogP contribution in [0.1, 0.15) is 79.0 Å². The lowest BCUT2D eigenvalue weighted by Gasteiger charge is -2.26. The Hall–Kier alpha value is -3.03. The molecule has 0 aliphatic carbocycles. The number of nitrogens with one attached hydrogen (secondary N) is 1. The van der Waals surface area contributed by atoms with Crippen LogP contribution < -0.4 is 15.6 Å². The van der Waals surface area contributed by atoms with Crippen molar-refractivity contribution in [1.29, 1.82) is 0 Å². The van der Waals surface area contributed by atoms with Gasteiger partial charge in [-0.1, -0.05) is 40.2 Å². The molecule has 1 heterocycles. The predicted octanol–water partition coefficient (Wildman–Crippen LogP) is 5.27. The van der Waals surface area contributed by atoms with E-state index >= 15 is 0 Å². The summed E-state index contributed by atoms with van der Waals surface area (Å²) in [6, 6.07) is 5.37. The zero-order chi connectivity index (χ0) is 26.4. The minimum atomic E-state index is -0.882. The summed E-state index contributed by atoms with van der Waals surface area (Å²) in [5, 5.41) is 13.0. The topological polar surface area (TPSA) is 107 Å². The molecule has 0 unspecified atom stereocenters. The third-order valence-corrected chi connectivity index (χ3v) is 5.20. The number of amides is 1. The number of nitrogens with zero attached hydrogens (tertiary/aromatic N) is 1. The van der Waals surface area contributed by atoms with Gasteiger partial charge in [0.15, 0.2) is 0 Å². The van der Waals surface area contributed by atoms with Gasteiger partial charge in [-0.3, -0.25) is 9.59 Å². The van der Waals surface area contributed by atoms with Gasteiger partial charge >= 0.3 is 12.1 Å². The molecule has 0 aliphatic rings. The fourth-order valence-electron chi connectivity index (χ4n) is 3.69. The first-order valence-corrected chi connectivity index (χ1v) is 12.2. The summed E-state index contributed by atoms with van der Waals surface area (Å²) in [7, 11) is 0. The number of carboxylic acid groups (broad SMARTS) is 1. The van der Waals surface area contributed by atoms with Crippen molar-refractivity contribution in [2.45, 2.75) is 92.8 Å². The average Bonchev–Trinajstić information content (AvgIpc) is 2.72. The predicted molar refractivity (Wildman–Crippen MR) is 137 cm³/mol. The molecule has 194 valence electrons. The second-order valence-corrected chi connectivity index (χ2v) is 11.1. The van der Waals surface area contributed by atoms with Gasteiger partial charge < -0.3 is 24.5 Å². The molecular weight excluding hydrogens is 448 g/mol. The van der Waals surface area contributed by atoms with E-state index in [0.29, 0.717) is 41.8 Å². The van der Waals surface area contributed by atoms with Crippen molar-refractivity contribution in [2.24, 2.45) is 5.41 Å². The lowest BCUT2D eigenvalue weighted by atomic mass is 9.95. The lowest BCUT2D eigenvalue weighted by molar-refractivity contribution is -0.136. The van der Waals surface area contributed by atoms with Crippen molar-refractivity contribution in [2.75, 3.05) is 6.61 Å². The van der Waals surface area contributed by atoms with Gasteiger partial charge in [-0.05, 0) is 56.7 Å². The van der Waals surface area contributed by atoms with E-state index in [1.165, 1.54) is 0 Å². The van der Waals surface area contributed by atoms with Crippen LogP contribution in [0.2, 0.25) is 0 Å². The first kappa shape index (κ1) is 28.2. The second-order valence-electron chi connectivity index (χ2n) is 11.1. The van der Waals surface area contributed by atoms with Crippen molar-refractivity contribution in [3.8, 4) is 5.75 Å². The summed E-state index contributed by atoms with van der Waals surface area (Å²) in [5.41, 5.74) is 0.329. The highest BCUT2D eigenvalue weighted by Crippen LogP contribution is 2.31. The van der Waals surface area contributed by atoms with Crippen LogP contribution in [-0.4, -0.2) is 33.9 Å². The minimum Gasteiger partial charge on any atom is -0.491 e. The first-order chi connectivity index (χ1) is 16.2. The number of ether oxygens (including phenoxy) is 2. The van der Waals surface area contributed by atoms with E-state index in [1.807, 2.05) is 26.8 Å². The molecule has 1 aromatic carbocycles. The van der Waals surface area contributed by atoms with Gasteiger partial charge in [-0.2, -0.15) is 0 Å². The van der Waals surface area contributed by atoms with Crippen molar-refractivity contribution in [1.82, 2.24) is 9.88 Å². The summed E-state index contributed by atoms with van der Waals surface area (Å²) in [6.07, 6.45) is 1.52. The van der Waals surface area contributed by atoms with Gasteiger partial charge in [0, 0.05) is 18.4 Å². The number of aryl methyl sites for hydroxylation is 1. The standard InChI is InChI=1S/C27H40N2O6/c1-8-9-14-34-23-20-15-18(11-13-22(30)31)10-12-19(20)24(32)29(17-26(2,3)4)21(23)16-28-25(33)35-27(5,6)7/h10,12,15H,8-9,11,13-14,16-17H2,1-7H3,(H,28,33)(H,30,31). The highest BCUT2D eigenvalue weighted by molar-refractivity contribution is 5.89. The van der Waals surface area contributed by atoms with Crippen LogP contribution in [-0.2, 0) is 29.0 Å². The number of hydrogen-bond acceptors (Lipinski definition) is 5. The zero-order valence-corrected chi connectivity index (χ0v) is 22.1. The monoisotopic (exact) mass is 488 g/mol. The number of unbranched alkanes of at least 4 members (excludes halogenated alkanes) is 1. The van der Waals surface area contributed by atoms with E-state index in [4.69, 9.17) is 14.6 Å². The molecular formula is C27H40N2O6. The van der Waals surface area contributed by atoms with Crippen LogP contribution in [0.5, 0.6) is 5.75 Å². The molecule has 8 heteroatoms. The molecule has 0 aliphatic heterocycles. The Bertz CT molecular complexity index is 1110. The number of carboxylic acids is 1.